The maximum Gasteiger partial charge on any atom is 0.355 e. The Labute approximate surface area is 142 Å². The van der Waals surface area contributed by atoms with Gasteiger partial charge in [0.25, 0.3) is 0 Å². The van der Waals surface area contributed by atoms with Gasteiger partial charge in [-0.05, 0) is 19.9 Å². The number of carbonyl (C=O) groups is 1. The zero-order chi connectivity index (χ0) is 17.8. The zero-order valence-electron chi connectivity index (χ0n) is 14.6. The maximum atomic E-state index is 10.8. The molecule has 2 heterocycles. The number of hydrogen-bond acceptors (Lipinski definition) is 4. The lowest BCUT2D eigenvalue weighted by atomic mass is 10.3. The van der Waals surface area contributed by atoms with Gasteiger partial charge in [-0.2, -0.15) is 5.10 Å². The van der Waals surface area contributed by atoms with Crippen LogP contribution in [0.1, 0.15) is 52.0 Å². The summed E-state index contributed by atoms with van der Waals surface area (Å²) in [6.45, 7) is 11.9. The Morgan fingerprint density at radius 2 is 1.91 bits per heavy atom. The minimum Gasteiger partial charge on any atom is -0.476 e. The Hall–Kier alpha value is -2.21. The number of allylic oxidation sites excluding steroid dienone is 4. The van der Waals surface area contributed by atoms with Gasteiger partial charge in [-0.3, -0.25) is 0 Å². The second-order valence-corrected chi connectivity index (χ2v) is 4.59. The van der Waals surface area contributed by atoms with Gasteiger partial charge >= 0.3 is 5.97 Å². The Bertz CT molecular complexity index is 654. The second-order valence-electron chi connectivity index (χ2n) is 3.73. The number of aromatic nitrogens is 3. The van der Waals surface area contributed by atoms with Gasteiger partial charge in [0.05, 0.1) is 11.9 Å². The molecule has 2 rings (SSSR count). The van der Waals surface area contributed by atoms with E-state index in [9.17, 15) is 4.79 Å². The molecule has 1 N–H and O–H groups in total. The van der Waals surface area contributed by atoms with Crippen LogP contribution in [0.3, 0.4) is 0 Å². The first-order valence-corrected chi connectivity index (χ1v) is 8.57. The fourth-order valence-corrected chi connectivity index (χ4v) is 2.32. The van der Waals surface area contributed by atoms with Gasteiger partial charge in [0, 0.05) is 17.1 Å². The van der Waals surface area contributed by atoms with Crippen molar-refractivity contribution in [2.75, 3.05) is 0 Å². The van der Waals surface area contributed by atoms with E-state index in [1.54, 1.807) is 10.9 Å². The van der Waals surface area contributed by atoms with Gasteiger partial charge in [0.2, 0.25) is 0 Å². The normalized spacial score (nSPS) is 10.6. The molecule has 0 amide bonds. The van der Waals surface area contributed by atoms with E-state index in [1.807, 2.05) is 66.0 Å². The van der Waals surface area contributed by atoms with Crippen molar-refractivity contribution >= 4 is 23.0 Å². The number of carboxylic acids is 1. The molecule has 0 radical (unpaired) electrons. The second kappa shape index (κ2) is 11.4. The van der Waals surface area contributed by atoms with E-state index in [0.717, 1.165) is 11.3 Å². The molecular weight excluding hydrogens is 310 g/mol. The van der Waals surface area contributed by atoms with Crippen molar-refractivity contribution in [3.8, 4) is 10.6 Å². The van der Waals surface area contributed by atoms with Gasteiger partial charge in [-0.1, -0.05) is 39.8 Å². The van der Waals surface area contributed by atoms with Crippen molar-refractivity contribution in [3.63, 3.8) is 0 Å². The summed E-state index contributed by atoms with van der Waals surface area (Å²) in [6.07, 6.45) is 9.34. The van der Waals surface area contributed by atoms with Crippen molar-refractivity contribution in [2.45, 2.75) is 41.5 Å². The quantitative estimate of drug-likeness (QED) is 0.780. The first-order chi connectivity index (χ1) is 11.2. The van der Waals surface area contributed by atoms with Crippen LogP contribution in [0.15, 0.2) is 36.0 Å². The average molecular weight is 335 g/mol. The van der Waals surface area contributed by atoms with Crippen LogP contribution in [0.2, 0.25) is 0 Å². The highest BCUT2D eigenvalue weighted by atomic mass is 32.1. The Balaban J connectivity index is 0.00000112. The summed E-state index contributed by atoms with van der Waals surface area (Å²) >= 11 is 1.29. The van der Waals surface area contributed by atoms with E-state index in [-0.39, 0.29) is 5.69 Å². The number of thiazole rings is 1. The number of carboxylic acid groups (broad SMARTS) is 1. The van der Waals surface area contributed by atoms with E-state index in [0.29, 0.717) is 5.01 Å². The summed E-state index contributed by atoms with van der Waals surface area (Å²) in [7, 11) is 0. The molecule has 0 aliphatic carbocycles. The van der Waals surface area contributed by atoms with Crippen molar-refractivity contribution < 1.29 is 9.90 Å². The molecule has 126 valence electrons. The van der Waals surface area contributed by atoms with Crippen LogP contribution < -0.4 is 0 Å². The van der Waals surface area contributed by atoms with E-state index in [1.165, 1.54) is 16.7 Å². The van der Waals surface area contributed by atoms with Gasteiger partial charge in [-0.15, -0.1) is 11.3 Å². The lowest BCUT2D eigenvalue weighted by molar-refractivity contribution is 0.0691. The molecule has 0 saturated heterocycles. The van der Waals surface area contributed by atoms with Gasteiger partial charge in [0.1, 0.15) is 5.01 Å². The van der Waals surface area contributed by atoms with Crippen LogP contribution in [0.5, 0.6) is 0 Å². The largest absolute Gasteiger partial charge is 0.476 e. The Kier molecular flexibility index (Phi) is 10.3. The van der Waals surface area contributed by atoms with Crippen LogP contribution >= 0.6 is 11.3 Å². The average Bonchev–Trinajstić information content (AvgIpc) is 3.25. The van der Waals surface area contributed by atoms with Gasteiger partial charge < -0.3 is 5.11 Å². The zero-order valence-corrected chi connectivity index (χ0v) is 15.4. The summed E-state index contributed by atoms with van der Waals surface area (Å²) < 4.78 is 1.73. The first-order valence-electron chi connectivity index (χ1n) is 7.69. The van der Waals surface area contributed by atoms with Crippen LogP contribution in [-0.2, 0) is 0 Å². The number of aromatic carboxylic acids is 1. The fraction of sp³-hybridized carbons (Fsp3) is 0.353. The highest BCUT2D eigenvalue weighted by Gasteiger charge is 2.11. The summed E-state index contributed by atoms with van der Waals surface area (Å²) in [6, 6.07) is 0. The lowest BCUT2D eigenvalue weighted by Crippen LogP contribution is -1.95. The summed E-state index contributed by atoms with van der Waals surface area (Å²) in [5, 5.41) is 15.3. The highest BCUT2D eigenvalue weighted by Crippen LogP contribution is 2.24. The lowest BCUT2D eigenvalue weighted by Gasteiger charge is -1.99. The number of hydrogen-bond donors (Lipinski definition) is 1. The predicted molar refractivity (Wildman–Crippen MR) is 97.8 cm³/mol. The highest BCUT2D eigenvalue weighted by molar-refractivity contribution is 7.13. The topological polar surface area (TPSA) is 68.0 Å². The molecule has 5 nitrogen and oxygen atoms in total. The van der Waals surface area contributed by atoms with Crippen LogP contribution in [0, 0.1) is 0 Å². The molecule has 2 aromatic heterocycles. The summed E-state index contributed by atoms with van der Waals surface area (Å²) in [5.74, 6) is -1.02. The molecule has 0 atom stereocenters. The summed E-state index contributed by atoms with van der Waals surface area (Å²) in [5.41, 5.74) is 1.82. The third-order valence-electron chi connectivity index (χ3n) is 2.45. The molecule has 0 aliphatic rings. The predicted octanol–water partition coefficient (Wildman–Crippen LogP) is 5.19. The number of nitrogens with zero attached hydrogens (tertiary/aromatic N) is 3. The van der Waals surface area contributed by atoms with E-state index >= 15 is 0 Å². The van der Waals surface area contributed by atoms with Gasteiger partial charge in [0.15, 0.2) is 5.69 Å². The molecule has 2 aromatic rings. The van der Waals surface area contributed by atoms with Crippen LogP contribution in [0.4, 0.5) is 0 Å². The first kappa shape index (κ1) is 20.8. The van der Waals surface area contributed by atoms with E-state index < -0.39 is 5.97 Å². The van der Waals surface area contributed by atoms with Crippen molar-refractivity contribution in [2.24, 2.45) is 0 Å². The fourth-order valence-electron chi connectivity index (χ4n) is 1.55. The Morgan fingerprint density at radius 1 is 1.26 bits per heavy atom. The van der Waals surface area contributed by atoms with Crippen molar-refractivity contribution in [1.82, 2.24) is 14.8 Å². The minimum absolute atomic E-state index is 0.0625. The molecule has 0 spiro atoms. The SMILES string of the molecule is C/C=C\C(=C/C)n1cc(-c2nc(C(=O)O)cs2)cn1.CC.CC. The molecule has 0 saturated carbocycles. The van der Waals surface area contributed by atoms with E-state index in [4.69, 9.17) is 5.11 Å². The third kappa shape index (κ3) is 5.83. The Morgan fingerprint density at radius 3 is 2.39 bits per heavy atom. The smallest absolute Gasteiger partial charge is 0.355 e. The molecule has 6 heteroatoms. The minimum atomic E-state index is -1.02. The van der Waals surface area contributed by atoms with Crippen LogP contribution in [0.25, 0.3) is 16.3 Å². The molecule has 23 heavy (non-hydrogen) atoms. The van der Waals surface area contributed by atoms with Crippen molar-refractivity contribution in [3.05, 3.63) is 41.7 Å². The molecule has 0 bridgehead atoms. The molecular formula is C17H25N3O2S. The summed E-state index contributed by atoms with van der Waals surface area (Å²) in [4.78, 5) is 14.8. The van der Waals surface area contributed by atoms with Crippen LogP contribution in [-0.4, -0.2) is 25.8 Å². The van der Waals surface area contributed by atoms with E-state index in [2.05, 4.69) is 10.1 Å². The maximum absolute atomic E-state index is 10.8. The monoisotopic (exact) mass is 335 g/mol. The van der Waals surface area contributed by atoms with Crippen molar-refractivity contribution in [1.29, 1.82) is 0 Å². The standard InChI is InChI=1S/C13H13N3O2S.2C2H6/c1-3-5-10(4-2)16-7-9(6-14-16)12-15-11(8-19-12)13(17)18;2*1-2/h3-8H,1-2H3,(H,17,18);2*1-2H3/b5-3-,10-4+;;. The molecule has 0 fully saturated rings. The number of rotatable bonds is 4. The third-order valence-corrected chi connectivity index (χ3v) is 3.34. The molecule has 0 aliphatic heterocycles. The molecule has 0 aromatic carbocycles. The van der Waals surface area contributed by atoms with Gasteiger partial charge in [-0.25, -0.2) is 14.5 Å². The molecule has 0 unspecified atom stereocenters.